The lowest BCUT2D eigenvalue weighted by Crippen LogP contribution is -2.60. The summed E-state index contributed by atoms with van der Waals surface area (Å²) in [6.45, 7) is 9.87. The van der Waals surface area contributed by atoms with E-state index in [4.69, 9.17) is 14.2 Å². The quantitative estimate of drug-likeness (QED) is 0.327. The number of hydrogen-bond acceptors (Lipinski definition) is 5. The van der Waals surface area contributed by atoms with Crippen molar-refractivity contribution in [3.05, 3.63) is 58.1 Å². The molecule has 6 heteroatoms. The Hall–Kier alpha value is -1.47. The van der Waals surface area contributed by atoms with Crippen LogP contribution in [0.15, 0.2) is 52.5 Å². The van der Waals surface area contributed by atoms with E-state index >= 15 is 0 Å². The molecule has 5 rings (SSSR count). The monoisotopic (exact) mass is 516 g/mol. The number of fused-ring (bicyclic) bond motifs is 3. The third-order valence-corrected chi connectivity index (χ3v) is 9.30. The van der Waals surface area contributed by atoms with E-state index < -0.39 is 12.1 Å². The van der Waals surface area contributed by atoms with Crippen molar-refractivity contribution in [2.45, 2.75) is 64.4 Å². The summed E-state index contributed by atoms with van der Waals surface area (Å²) in [5.74, 6) is 0.292. The average Bonchev–Trinajstić information content (AvgIpc) is 3.10. The Bertz CT molecular complexity index is 988. The Balaban J connectivity index is 1.38. The van der Waals surface area contributed by atoms with E-state index in [2.05, 4.69) is 48.5 Å². The number of benzene rings is 1. The summed E-state index contributed by atoms with van der Waals surface area (Å²) < 4.78 is 19.0. The van der Waals surface area contributed by atoms with E-state index in [1.807, 2.05) is 18.2 Å². The first-order valence-electron chi connectivity index (χ1n) is 12.0. The second-order valence-electron chi connectivity index (χ2n) is 10.7. The van der Waals surface area contributed by atoms with Gasteiger partial charge in [0.1, 0.15) is 12.7 Å². The minimum absolute atomic E-state index is 0.0421. The highest BCUT2D eigenvalue weighted by Gasteiger charge is 2.60. The van der Waals surface area contributed by atoms with Crippen LogP contribution in [0, 0.1) is 22.7 Å². The van der Waals surface area contributed by atoms with Gasteiger partial charge in [-0.1, -0.05) is 60.1 Å². The second-order valence-corrected chi connectivity index (χ2v) is 11.6. The molecule has 2 heterocycles. The minimum atomic E-state index is -0.818. The van der Waals surface area contributed by atoms with Crippen molar-refractivity contribution in [3.8, 4) is 0 Å². The van der Waals surface area contributed by atoms with Crippen LogP contribution in [0.1, 0.15) is 57.8 Å². The number of cyclic esters (lactones) is 1. The molecule has 0 aromatic heterocycles. The normalized spacial score (nSPS) is 42.1. The number of rotatable bonds is 3. The molecule has 5 nitrogen and oxygen atoms in total. The summed E-state index contributed by atoms with van der Waals surface area (Å²) in [7, 11) is 0. The van der Waals surface area contributed by atoms with Crippen LogP contribution in [0.4, 0.5) is 0 Å². The highest BCUT2D eigenvalue weighted by molar-refractivity contribution is 9.10. The van der Waals surface area contributed by atoms with Gasteiger partial charge >= 0.3 is 5.97 Å². The van der Waals surface area contributed by atoms with Crippen LogP contribution < -0.4 is 0 Å². The van der Waals surface area contributed by atoms with Gasteiger partial charge in [-0.15, -0.1) is 0 Å². The summed E-state index contributed by atoms with van der Waals surface area (Å²) in [6, 6.07) is 8.15. The zero-order valence-corrected chi connectivity index (χ0v) is 21.0. The first-order valence-corrected chi connectivity index (χ1v) is 12.8. The van der Waals surface area contributed by atoms with Crippen molar-refractivity contribution in [2.75, 3.05) is 13.2 Å². The summed E-state index contributed by atoms with van der Waals surface area (Å²) in [5.41, 5.74) is 2.66. The molecule has 2 aliphatic heterocycles. The molecule has 1 aromatic rings. The molecule has 0 radical (unpaired) electrons. The van der Waals surface area contributed by atoms with E-state index in [1.54, 1.807) is 0 Å². The topological polar surface area (TPSA) is 65.0 Å². The van der Waals surface area contributed by atoms with E-state index in [0.29, 0.717) is 24.5 Å². The lowest BCUT2D eigenvalue weighted by Gasteiger charge is -2.62. The fourth-order valence-electron chi connectivity index (χ4n) is 7.02. The molecule has 2 saturated heterocycles. The number of ether oxygens (including phenoxy) is 3. The zero-order valence-electron chi connectivity index (χ0n) is 19.4. The number of hydrogen-bond donors (Lipinski definition) is 1. The van der Waals surface area contributed by atoms with Gasteiger partial charge in [0.25, 0.3) is 0 Å². The van der Waals surface area contributed by atoms with Crippen LogP contribution in [0.2, 0.25) is 0 Å². The molecule has 4 fully saturated rings. The highest BCUT2D eigenvalue weighted by atomic mass is 79.9. The molecule has 1 unspecified atom stereocenters. The molecule has 1 N–H and O–H groups in total. The summed E-state index contributed by atoms with van der Waals surface area (Å²) in [6.07, 6.45) is 5.66. The van der Waals surface area contributed by atoms with E-state index in [9.17, 15) is 9.90 Å². The van der Waals surface area contributed by atoms with Gasteiger partial charge in [0.15, 0.2) is 6.29 Å². The van der Waals surface area contributed by atoms with Gasteiger partial charge in [-0.2, -0.15) is 0 Å². The average molecular weight is 517 g/mol. The fourth-order valence-corrected chi connectivity index (χ4v) is 7.44. The van der Waals surface area contributed by atoms with E-state index in [1.165, 1.54) is 5.57 Å². The SMILES string of the molecule is C=C1CC[C@@H]2[C@]3(C)COC(c4cccc(Br)c4)O[C@@H]3CC[C@@]2(C)[C@@H]1C/C=C1/C(=O)OC[C@H]1O. The van der Waals surface area contributed by atoms with Crippen molar-refractivity contribution < 1.29 is 24.1 Å². The number of esters is 1. The third kappa shape index (κ3) is 3.93. The van der Waals surface area contributed by atoms with Crippen LogP contribution in [-0.4, -0.2) is 36.5 Å². The largest absolute Gasteiger partial charge is 0.459 e. The molecule has 1 aromatic carbocycles. The number of carbonyl (C=O) groups is 1. The van der Waals surface area contributed by atoms with Gasteiger partial charge in [0.2, 0.25) is 0 Å². The van der Waals surface area contributed by atoms with Crippen LogP contribution in [0.5, 0.6) is 0 Å². The molecule has 0 amide bonds. The first-order chi connectivity index (χ1) is 15.7. The minimum Gasteiger partial charge on any atom is -0.459 e. The van der Waals surface area contributed by atoms with E-state index in [0.717, 1.165) is 35.7 Å². The summed E-state index contributed by atoms with van der Waals surface area (Å²) in [5, 5.41) is 10.1. The maximum atomic E-state index is 12.0. The van der Waals surface area contributed by atoms with Crippen LogP contribution >= 0.6 is 15.9 Å². The van der Waals surface area contributed by atoms with Crippen molar-refractivity contribution >= 4 is 21.9 Å². The van der Waals surface area contributed by atoms with E-state index in [-0.39, 0.29) is 35.7 Å². The number of aliphatic hydroxyl groups excluding tert-OH is 1. The van der Waals surface area contributed by atoms with Crippen molar-refractivity contribution in [1.82, 2.24) is 0 Å². The van der Waals surface area contributed by atoms with Crippen LogP contribution in [-0.2, 0) is 19.0 Å². The molecular formula is C27H33BrO5. The Morgan fingerprint density at radius 2 is 2.09 bits per heavy atom. The molecule has 178 valence electrons. The molecule has 4 aliphatic rings. The molecule has 7 atom stereocenters. The fraction of sp³-hybridized carbons (Fsp3) is 0.593. The van der Waals surface area contributed by atoms with Gasteiger partial charge in [-0.05, 0) is 61.5 Å². The van der Waals surface area contributed by atoms with Crippen LogP contribution in [0.25, 0.3) is 0 Å². The molecule has 0 bridgehead atoms. The number of carbonyl (C=O) groups excluding carboxylic acids is 1. The highest BCUT2D eigenvalue weighted by Crippen LogP contribution is 2.63. The number of aliphatic hydroxyl groups is 1. The predicted octanol–water partition coefficient (Wildman–Crippen LogP) is 5.49. The van der Waals surface area contributed by atoms with Gasteiger partial charge in [0.05, 0.1) is 18.3 Å². The second kappa shape index (κ2) is 8.63. The molecule has 2 aliphatic carbocycles. The molecule has 33 heavy (non-hydrogen) atoms. The standard InChI is InChI=1S/C27H33BrO5/c1-16-7-10-22-26(2,20(16)9-8-19-21(29)14-31-24(19)30)12-11-23-27(22,3)15-32-25(33-23)17-5-4-6-18(28)13-17/h4-6,8,13,20-23,25,29H,1,7,9-12,14-15H2,2-3H3/b19-8+/t20-,21-,22+,23-,25?,26+,27+/m1/s1. The zero-order chi connectivity index (χ0) is 23.4. The van der Waals surface area contributed by atoms with Crippen molar-refractivity contribution in [2.24, 2.45) is 22.7 Å². The van der Waals surface area contributed by atoms with Gasteiger partial charge < -0.3 is 19.3 Å². The Morgan fingerprint density at radius 3 is 2.82 bits per heavy atom. The van der Waals surface area contributed by atoms with Gasteiger partial charge in [-0.25, -0.2) is 4.79 Å². The maximum Gasteiger partial charge on any atom is 0.336 e. The van der Waals surface area contributed by atoms with Crippen molar-refractivity contribution in [3.63, 3.8) is 0 Å². The lowest BCUT2D eigenvalue weighted by atomic mass is 9.46. The van der Waals surface area contributed by atoms with Crippen molar-refractivity contribution in [1.29, 1.82) is 0 Å². The summed E-state index contributed by atoms with van der Waals surface area (Å²) in [4.78, 5) is 12.0. The Labute approximate surface area is 204 Å². The summed E-state index contributed by atoms with van der Waals surface area (Å²) >= 11 is 3.55. The molecular weight excluding hydrogens is 484 g/mol. The smallest absolute Gasteiger partial charge is 0.336 e. The number of halogens is 1. The number of allylic oxidation sites excluding steroid dienone is 2. The predicted molar refractivity (Wildman–Crippen MR) is 128 cm³/mol. The van der Waals surface area contributed by atoms with Gasteiger partial charge in [0, 0.05) is 15.5 Å². The third-order valence-electron chi connectivity index (χ3n) is 8.81. The van der Waals surface area contributed by atoms with Gasteiger partial charge in [-0.3, -0.25) is 0 Å². The lowest BCUT2D eigenvalue weighted by molar-refractivity contribution is -0.307. The molecule has 0 spiro atoms. The molecule has 2 saturated carbocycles. The first kappa shape index (κ1) is 23.3. The Morgan fingerprint density at radius 1 is 1.27 bits per heavy atom. The Kier molecular flexibility index (Phi) is 6.09. The maximum absolute atomic E-state index is 12.0. The van der Waals surface area contributed by atoms with Crippen LogP contribution in [0.3, 0.4) is 0 Å².